The number of hydrogen-bond acceptors (Lipinski definition) is 8. The lowest BCUT2D eigenvalue weighted by Crippen LogP contribution is -2.65. The van der Waals surface area contributed by atoms with E-state index in [1.165, 1.54) is 82.4 Å². The summed E-state index contributed by atoms with van der Waals surface area (Å²) in [6, 6.07) is -1.01. The van der Waals surface area contributed by atoms with E-state index in [4.69, 9.17) is 21.1 Å². The second-order valence-electron chi connectivity index (χ2n) is 13.5. The Morgan fingerprint density at radius 3 is 2.00 bits per heavy atom. The van der Waals surface area contributed by atoms with Crippen molar-refractivity contribution in [2.45, 2.75) is 184 Å². The SMILES string of the molecule is CCCCCCCCCCCCCCCCC(=O)OC1C(SC)OC(C(NC(=O)C2CC(CCC)CN2C)C(C)Cl)C(O)C1O. The highest BCUT2D eigenvalue weighted by Gasteiger charge is 2.50. The summed E-state index contributed by atoms with van der Waals surface area (Å²) >= 11 is 7.82. The van der Waals surface area contributed by atoms with Crippen LogP contribution < -0.4 is 5.32 Å². The number of unbranched alkanes of at least 4 members (excludes halogenated alkanes) is 13. The number of hydrogen-bond donors (Lipinski definition) is 3. The number of amides is 1. The molecule has 2 saturated heterocycles. The van der Waals surface area contributed by atoms with E-state index < -0.39 is 47.2 Å². The molecule has 0 aromatic heterocycles. The molecule has 8 nitrogen and oxygen atoms in total. The van der Waals surface area contributed by atoms with Crippen molar-refractivity contribution in [1.82, 2.24) is 10.2 Å². The first-order valence-electron chi connectivity index (χ1n) is 18.0. The van der Waals surface area contributed by atoms with E-state index in [0.717, 1.165) is 45.1 Å². The third-order valence-corrected chi connectivity index (χ3v) is 10.7. The Hall–Kier alpha value is -0.580. The van der Waals surface area contributed by atoms with Gasteiger partial charge in [-0.15, -0.1) is 23.4 Å². The van der Waals surface area contributed by atoms with Crippen molar-refractivity contribution in [3.05, 3.63) is 0 Å². The number of esters is 1. The lowest BCUT2D eigenvalue weighted by Gasteiger charge is -2.45. The molecule has 9 atom stereocenters. The van der Waals surface area contributed by atoms with Crippen LogP contribution in [-0.4, -0.2) is 94.2 Å². The third kappa shape index (κ3) is 14.2. The van der Waals surface area contributed by atoms with Crippen molar-refractivity contribution in [2.75, 3.05) is 19.8 Å². The van der Waals surface area contributed by atoms with Gasteiger partial charge in [-0.2, -0.15) is 0 Å². The number of nitrogens with one attached hydrogen (secondary N) is 1. The van der Waals surface area contributed by atoms with E-state index in [1.54, 1.807) is 13.2 Å². The number of likely N-dealkylation sites (tertiary alicyclic amines) is 1. The van der Waals surface area contributed by atoms with E-state index >= 15 is 0 Å². The molecule has 0 bridgehead atoms. The van der Waals surface area contributed by atoms with Crippen LogP contribution in [0.15, 0.2) is 0 Å². The van der Waals surface area contributed by atoms with Gasteiger partial charge in [-0.3, -0.25) is 14.5 Å². The van der Waals surface area contributed by atoms with Crippen molar-refractivity contribution >= 4 is 35.2 Å². The number of carbonyl (C=O) groups is 2. The molecule has 1 amide bonds. The van der Waals surface area contributed by atoms with Crippen molar-refractivity contribution in [3.8, 4) is 0 Å². The second-order valence-corrected chi connectivity index (χ2v) is 15.2. The standard InChI is InChI=1S/C35H65ClN2O6S/c1-6-8-9-10-11-12-13-14-15-16-17-18-19-20-22-28(39)43-33-31(41)30(40)32(44-35(33)45-5)29(25(3)36)37-34(42)27-23-26(21-7-2)24-38(27)4/h25-27,29-33,35,40-41H,6-24H2,1-5H3,(H,37,42). The van der Waals surface area contributed by atoms with Crippen LogP contribution in [0.4, 0.5) is 0 Å². The fraction of sp³-hybridized carbons (Fsp3) is 0.943. The number of rotatable bonds is 23. The van der Waals surface area contributed by atoms with Crippen LogP contribution in [0.3, 0.4) is 0 Å². The van der Waals surface area contributed by atoms with Gasteiger partial charge >= 0.3 is 5.97 Å². The maximum Gasteiger partial charge on any atom is 0.306 e. The predicted molar refractivity (Wildman–Crippen MR) is 186 cm³/mol. The summed E-state index contributed by atoms with van der Waals surface area (Å²) in [6.07, 6.45) is 17.7. The Labute approximate surface area is 283 Å². The molecule has 0 spiro atoms. The molecule has 3 N–H and O–H groups in total. The average molecular weight is 677 g/mol. The zero-order chi connectivity index (χ0) is 33.2. The number of alkyl halides is 1. The molecular weight excluding hydrogens is 612 g/mol. The van der Waals surface area contributed by atoms with E-state index in [0.29, 0.717) is 5.92 Å². The third-order valence-electron chi connectivity index (χ3n) is 9.61. The summed E-state index contributed by atoms with van der Waals surface area (Å²) in [7, 11) is 1.95. The van der Waals surface area contributed by atoms with Crippen LogP contribution in [0.5, 0.6) is 0 Å². The number of nitrogens with zero attached hydrogens (tertiary/aromatic N) is 1. The van der Waals surface area contributed by atoms with Gasteiger partial charge in [-0.25, -0.2) is 0 Å². The van der Waals surface area contributed by atoms with Crippen molar-refractivity contribution < 1.29 is 29.3 Å². The van der Waals surface area contributed by atoms with Crippen LogP contribution in [0, 0.1) is 5.92 Å². The van der Waals surface area contributed by atoms with Gasteiger partial charge in [0.15, 0.2) is 6.10 Å². The Bertz CT molecular complexity index is 821. The van der Waals surface area contributed by atoms with E-state index in [9.17, 15) is 19.8 Å². The topological polar surface area (TPSA) is 108 Å². The molecule has 2 fully saturated rings. The number of likely N-dealkylation sites (N-methyl/N-ethyl adjacent to an activating group) is 1. The quantitative estimate of drug-likeness (QED) is 0.0616. The normalized spacial score (nSPS) is 28.6. The number of halogens is 1. The van der Waals surface area contributed by atoms with E-state index in [-0.39, 0.29) is 18.4 Å². The van der Waals surface area contributed by atoms with Gasteiger partial charge < -0.3 is 25.0 Å². The molecule has 2 aliphatic rings. The van der Waals surface area contributed by atoms with Crippen LogP contribution in [0.25, 0.3) is 0 Å². The summed E-state index contributed by atoms with van der Waals surface area (Å²) in [5, 5.41) is 24.6. The Morgan fingerprint density at radius 2 is 1.49 bits per heavy atom. The molecule has 2 rings (SSSR count). The molecule has 9 unspecified atom stereocenters. The first kappa shape index (κ1) is 40.6. The zero-order valence-corrected chi connectivity index (χ0v) is 30.5. The Balaban J connectivity index is 1.74. The summed E-state index contributed by atoms with van der Waals surface area (Å²) in [5.41, 5.74) is -0.702. The number of thioether (sulfide) groups is 1. The van der Waals surface area contributed by atoms with Crippen molar-refractivity contribution in [2.24, 2.45) is 5.92 Å². The largest absolute Gasteiger partial charge is 0.456 e. The van der Waals surface area contributed by atoms with Gasteiger partial charge in [-0.1, -0.05) is 104 Å². The molecular formula is C35H65ClN2O6S. The van der Waals surface area contributed by atoms with Crippen LogP contribution in [0.2, 0.25) is 0 Å². The van der Waals surface area contributed by atoms with Crippen LogP contribution in [-0.2, 0) is 19.1 Å². The highest BCUT2D eigenvalue weighted by Crippen LogP contribution is 2.33. The maximum absolute atomic E-state index is 13.3. The Kier molecular flexibility index (Phi) is 20.7. The van der Waals surface area contributed by atoms with Gasteiger partial charge in [0, 0.05) is 13.0 Å². The van der Waals surface area contributed by atoms with Crippen LogP contribution >= 0.6 is 23.4 Å². The van der Waals surface area contributed by atoms with Gasteiger partial charge in [0.25, 0.3) is 0 Å². The van der Waals surface area contributed by atoms with E-state index in [2.05, 4.69) is 24.1 Å². The molecule has 2 heterocycles. The van der Waals surface area contributed by atoms with E-state index in [1.807, 2.05) is 7.05 Å². The van der Waals surface area contributed by atoms with Gasteiger partial charge in [-0.05, 0) is 45.4 Å². The number of ether oxygens (including phenoxy) is 2. The zero-order valence-electron chi connectivity index (χ0n) is 28.9. The summed E-state index contributed by atoms with van der Waals surface area (Å²) in [5.74, 6) is -0.0733. The molecule has 0 aliphatic carbocycles. The fourth-order valence-electron chi connectivity index (χ4n) is 6.90. The average Bonchev–Trinajstić information content (AvgIpc) is 3.38. The second kappa shape index (κ2) is 22.9. The summed E-state index contributed by atoms with van der Waals surface area (Å²) in [4.78, 5) is 28.1. The highest BCUT2D eigenvalue weighted by atomic mass is 35.5. The van der Waals surface area contributed by atoms with Gasteiger partial charge in [0.1, 0.15) is 23.7 Å². The molecule has 0 saturated carbocycles. The molecule has 264 valence electrons. The number of aliphatic hydroxyl groups is 2. The van der Waals surface area contributed by atoms with Crippen molar-refractivity contribution in [3.63, 3.8) is 0 Å². The molecule has 2 aliphatic heterocycles. The minimum Gasteiger partial charge on any atom is -0.456 e. The monoisotopic (exact) mass is 676 g/mol. The predicted octanol–water partition coefficient (Wildman–Crippen LogP) is 6.81. The summed E-state index contributed by atoms with van der Waals surface area (Å²) < 4.78 is 11.9. The highest BCUT2D eigenvalue weighted by molar-refractivity contribution is 7.99. The number of carbonyl (C=O) groups excluding carboxylic acids is 2. The minimum atomic E-state index is -1.38. The molecule has 0 radical (unpaired) electrons. The first-order valence-corrected chi connectivity index (χ1v) is 19.7. The molecule has 45 heavy (non-hydrogen) atoms. The number of aliphatic hydroxyl groups excluding tert-OH is 2. The Morgan fingerprint density at radius 1 is 0.933 bits per heavy atom. The minimum absolute atomic E-state index is 0.152. The van der Waals surface area contributed by atoms with Crippen LogP contribution in [0.1, 0.15) is 136 Å². The smallest absolute Gasteiger partial charge is 0.306 e. The van der Waals surface area contributed by atoms with Gasteiger partial charge in [0.05, 0.1) is 17.5 Å². The molecule has 0 aromatic carbocycles. The molecule has 0 aromatic rings. The lowest BCUT2D eigenvalue weighted by molar-refractivity contribution is -0.218. The van der Waals surface area contributed by atoms with Gasteiger partial charge in [0.2, 0.25) is 5.91 Å². The maximum atomic E-state index is 13.3. The van der Waals surface area contributed by atoms with Crippen molar-refractivity contribution in [1.29, 1.82) is 0 Å². The fourth-order valence-corrected chi connectivity index (χ4v) is 7.83. The first-order chi connectivity index (χ1) is 21.6. The summed E-state index contributed by atoms with van der Waals surface area (Å²) in [6.45, 7) is 7.02. The molecule has 10 heteroatoms. The lowest BCUT2D eigenvalue weighted by atomic mass is 9.92.